The molecule has 0 spiro atoms. The molecule has 23 heavy (non-hydrogen) atoms. The van der Waals surface area contributed by atoms with E-state index in [1.165, 1.54) is 24.3 Å². The summed E-state index contributed by atoms with van der Waals surface area (Å²) in [5.41, 5.74) is -1.57. The molecule has 2 aromatic rings. The average Bonchev–Trinajstić information content (AvgIpc) is 2.46. The maximum absolute atomic E-state index is 12.8. The second-order valence-electron chi connectivity index (χ2n) is 4.65. The summed E-state index contributed by atoms with van der Waals surface area (Å²) >= 11 is 0. The van der Waals surface area contributed by atoms with Crippen molar-refractivity contribution in [3.8, 4) is 5.75 Å². The Morgan fingerprint density at radius 1 is 1.00 bits per heavy atom. The third kappa shape index (κ3) is 2.63. The van der Waals surface area contributed by atoms with E-state index >= 15 is 0 Å². The molecule has 1 aliphatic rings. The number of para-hydroxylation sites is 1. The Morgan fingerprint density at radius 3 is 2.39 bits per heavy atom. The number of carbonyl (C=O) groups is 1. The van der Waals surface area contributed by atoms with Gasteiger partial charge in [0.1, 0.15) is 0 Å². The minimum Gasteiger partial charge on any atom is -0.366 e. The Balaban J connectivity index is 2.15. The zero-order chi connectivity index (χ0) is 16.8. The van der Waals surface area contributed by atoms with Crippen LogP contribution in [-0.4, -0.2) is 14.3 Å². The van der Waals surface area contributed by atoms with E-state index in [0.29, 0.717) is 6.07 Å². The Morgan fingerprint density at radius 2 is 1.70 bits per heavy atom. The number of anilines is 1. The number of carbonyl (C=O) groups excluding carboxylic acids is 1. The minimum atomic E-state index is -4.67. The third-order valence-electron chi connectivity index (χ3n) is 3.13. The molecule has 1 heterocycles. The average molecular weight is 343 g/mol. The van der Waals surface area contributed by atoms with Crippen LogP contribution in [0.4, 0.5) is 18.9 Å². The lowest BCUT2D eigenvalue weighted by molar-refractivity contribution is -0.137. The van der Waals surface area contributed by atoms with Gasteiger partial charge in [-0.15, -0.1) is 0 Å². The van der Waals surface area contributed by atoms with Gasteiger partial charge in [0.05, 0.1) is 16.8 Å². The molecule has 1 aliphatic heterocycles. The zero-order valence-electron chi connectivity index (χ0n) is 11.2. The molecule has 5 nitrogen and oxygen atoms in total. The van der Waals surface area contributed by atoms with Crippen LogP contribution >= 0.6 is 0 Å². The van der Waals surface area contributed by atoms with E-state index in [-0.39, 0.29) is 15.6 Å². The van der Waals surface area contributed by atoms with Gasteiger partial charge >= 0.3 is 16.5 Å². The summed E-state index contributed by atoms with van der Waals surface area (Å²) in [5.74, 6) is -1.15. The standard InChI is InChI=1S/C14H8F3NO4S/c15-14(16,17)9-4-3-5-10(8-9)18-13(19)11-6-1-2-7-12(11)22-23(18,20)21/h1-8H. The number of hydrogen-bond donors (Lipinski definition) is 0. The summed E-state index contributed by atoms with van der Waals surface area (Å²) in [6, 6.07) is 9.03. The molecule has 0 unspecified atom stereocenters. The molecule has 0 atom stereocenters. The van der Waals surface area contributed by atoms with Crippen LogP contribution in [-0.2, 0) is 16.5 Å². The Kier molecular flexibility index (Phi) is 3.33. The molecule has 0 aliphatic carbocycles. The third-order valence-corrected chi connectivity index (χ3v) is 4.34. The first-order valence-electron chi connectivity index (χ1n) is 6.25. The number of fused-ring (bicyclic) bond motifs is 1. The zero-order valence-corrected chi connectivity index (χ0v) is 12.1. The van der Waals surface area contributed by atoms with E-state index < -0.39 is 33.6 Å². The van der Waals surface area contributed by atoms with Gasteiger partial charge in [-0.3, -0.25) is 4.79 Å². The summed E-state index contributed by atoms with van der Waals surface area (Å²) in [6.07, 6.45) is -4.67. The number of alkyl halides is 3. The highest BCUT2D eigenvalue weighted by molar-refractivity contribution is 7.89. The molecule has 120 valence electrons. The lowest BCUT2D eigenvalue weighted by Crippen LogP contribution is -2.43. The molecular weight excluding hydrogens is 335 g/mol. The highest BCUT2D eigenvalue weighted by atomic mass is 32.2. The highest BCUT2D eigenvalue weighted by Crippen LogP contribution is 2.36. The van der Waals surface area contributed by atoms with Crippen molar-refractivity contribution in [2.24, 2.45) is 0 Å². The topological polar surface area (TPSA) is 63.7 Å². The monoisotopic (exact) mass is 343 g/mol. The van der Waals surface area contributed by atoms with Crippen molar-refractivity contribution in [3.63, 3.8) is 0 Å². The first-order valence-corrected chi connectivity index (χ1v) is 7.62. The van der Waals surface area contributed by atoms with Crippen LogP contribution in [0.2, 0.25) is 0 Å². The maximum Gasteiger partial charge on any atom is 0.416 e. The molecule has 0 radical (unpaired) electrons. The van der Waals surface area contributed by atoms with Crippen molar-refractivity contribution in [2.45, 2.75) is 6.18 Å². The molecular formula is C14H8F3NO4S. The summed E-state index contributed by atoms with van der Waals surface area (Å²) in [6.45, 7) is 0. The molecule has 2 aromatic carbocycles. The van der Waals surface area contributed by atoms with Gasteiger partial charge in [0.25, 0.3) is 5.91 Å². The van der Waals surface area contributed by atoms with Gasteiger partial charge in [0, 0.05) is 0 Å². The maximum atomic E-state index is 12.8. The van der Waals surface area contributed by atoms with Gasteiger partial charge in [0.2, 0.25) is 0 Å². The summed E-state index contributed by atoms with van der Waals surface area (Å²) in [4.78, 5) is 12.4. The summed E-state index contributed by atoms with van der Waals surface area (Å²) < 4.78 is 67.6. The molecule has 1 amide bonds. The van der Waals surface area contributed by atoms with Crippen LogP contribution in [0.3, 0.4) is 0 Å². The van der Waals surface area contributed by atoms with Gasteiger partial charge < -0.3 is 4.18 Å². The van der Waals surface area contributed by atoms with Crippen molar-refractivity contribution in [2.75, 3.05) is 4.31 Å². The minimum absolute atomic E-state index is 0.0558. The fourth-order valence-corrected chi connectivity index (χ4v) is 3.25. The van der Waals surface area contributed by atoms with Crippen LogP contribution in [0, 0.1) is 0 Å². The SMILES string of the molecule is O=C1c2ccccc2OS(=O)(=O)N1c1cccc(C(F)(F)F)c1. The number of benzene rings is 2. The fraction of sp³-hybridized carbons (Fsp3) is 0.0714. The Labute approximate surface area is 129 Å². The van der Waals surface area contributed by atoms with Crippen LogP contribution in [0.15, 0.2) is 48.5 Å². The lowest BCUT2D eigenvalue weighted by atomic mass is 10.1. The van der Waals surface area contributed by atoms with Gasteiger partial charge in [-0.05, 0) is 30.3 Å². The molecule has 0 aromatic heterocycles. The largest absolute Gasteiger partial charge is 0.416 e. The number of rotatable bonds is 1. The molecule has 0 N–H and O–H groups in total. The molecule has 0 saturated carbocycles. The molecule has 0 fully saturated rings. The van der Waals surface area contributed by atoms with Crippen molar-refractivity contribution in [1.82, 2.24) is 0 Å². The van der Waals surface area contributed by atoms with Crippen LogP contribution in [0.5, 0.6) is 5.75 Å². The predicted octanol–water partition coefficient (Wildman–Crippen LogP) is 2.99. The van der Waals surface area contributed by atoms with Crippen molar-refractivity contribution < 1.29 is 30.6 Å². The Bertz CT molecular complexity index is 893. The fourth-order valence-electron chi connectivity index (χ4n) is 2.13. The van der Waals surface area contributed by atoms with E-state index in [1.807, 2.05) is 0 Å². The van der Waals surface area contributed by atoms with Gasteiger partial charge in [-0.1, -0.05) is 18.2 Å². The molecule has 3 rings (SSSR count). The van der Waals surface area contributed by atoms with Crippen molar-refractivity contribution in [1.29, 1.82) is 0 Å². The quantitative estimate of drug-likeness (QED) is 0.799. The van der Waals surface area contributed by atoms with E-state index in [1.54, 1.807) is 0 Å². The summed E-state index contributed by atoms with van der Waals surface area (Å²) in [5, 5.41) is 0. The van der Waals surface area contributed by atoms with E-state index in [4.69, 9.17) is 4.18 Å². The highest BCUT2D eigenvalue weighted by Gasteiger charge is 2.40. The number of amides is 1. The lowest BCUT2D eigenvalue weighted by Gasteiger charge is -2.27. The second kappa shape index (κ2) is 4.98. The van der Waals surface area contributed by atoms with Crippen LogP contribution < -0.4 is 8.49 Å². The van der Waals surface area contributed by atoms with Crippen LogP contribution in [0.25, 0.3) is 0 Å². The molecule has 0 saturated heterocycles. The van der Waals surface area contributed by atoms with E-state index in [9.17, 15) is 26.4 Å². The first kappa shape index (κ1) is 15.3. The predicted molar refractivity (Wildman–Crippen MR) is 74.2 cm³/mol. The van der Waals surface area contributed by atoms with Crippen LogP contribution in [0.1, 0.15) is 15.9 Å². The summed E-state index contributed by atoms with van der Waals surface area (Å²) in [7, 11) is -4.58. The van der Waals surface area contributed by atoms with Crippen molar-refractivity contribution in [3.05, 3.63) is 59.7 Å². The normalized spacial score (nSPS) is 16.7. The number of halogens is 3. The Hall–Kier alpha value is -2.55. The smallest absolute Gasteiger partial charge is 0.366 e. The van der Waals surface area contributed by atoms with Gasteiger partial charge in [-0.25, -0.2) is 0 Å². The molecule has 9 heteroatoms. The van der Waals surface area contributed by atoms with Crippen molar-refractivity contribution >= 4 is 21.9 Å². The molecule has 0 bridgehead atoms. The van der Waals surface area contributed by atoms with Gasteiger partial charge in [-0.2, -0.15) is 25.9 Å². The number of hydrogen-bond acceptors (Lipinski definition) is 4. The van der Waals surface area contributed by atoms with E-state index in [0.717, 1.165) is 18.2 Å². The van der Waals surface area contributed by atoms with Gasteiger partial charge in [0.15, 0.2) is 5.75 Å². The second-order valence-corrected chi connectivity index (χ2v) is 6.04. The number of nitrogens with zero attached hydrogens (tertiary/aromatic N) is 1. The van der Waals surface area contributed by atoms with E-state index in [2.05, 4.69) is 0 Å². The first-order chi connectivity index (χ1) is 10.7.